The Morgan fingerprint density at radius 3 is 1.71 bits per heavy atom. The molecule has 0 unspecified atom stereocenters. The number of carbonyl (C=O) groups is 1. The van der Waals surface area contributed by atoms with E-state index in [1.807, 2.05) is 36.4 Å². The zero-order valence-electron chi connectivity index (χ0n) is 16.3. The van der Waals surface area contributed by atoms with E-state index >= 15 is 0 Å². The molecule has 0 spiro atoms. The summed E-state index contributed by atoms with van der Waals surface area (Å²) in [6, 6.07) is 28.8. The van der Waals surface area contributed by atoms with Crippen LogP contribution >= 0.6 is 0 Å². The zero-order valence-corrected chi connectivity index (χ0v) is 16.3. The molecule has 28 heavy (non-hydrogen) atoms. The second-order valence-corrected chi connectivity index (χ2v) is 6.49. The number of ether oxygens (including phenoxy) is 1. The van der Waals surface area contributed by atoms with Gasteiger partial charge in [-0.05, 0) is 39.8 Å². The fraction of sp³-hybridized carbons (Fsp3) is 0.115. The molecule has 3 aromatic rings. The number of hydrogen-bond acceptors (Lipinski definition) is 2. The smallest absolute Gasteiger partial charge is 0.337 e. The Morgan fingerprint density at radius 2 is 1.21 bits per heavy atom. The van der Waals surface area contributed by atoms with Crippen molar-refractivity contribution in [2.24, 2.45) is 0 Å². The highest BCUT2D eigenvalue weighted by atomic mass is 16.5. The monoisotopic (exact) mass is 368 g/mol. The maximum Gasteiger partial charge on any atom is 0.337 e. The summed E-state index contributed by atoms with van der Waals surface area (Å²) in [5.74, 6) is -0.412. The van der Waals surface area contributed by atoms with Gasteiger partial charge in [-0.25, -0.2) is 4.79 Å². The van der Waals surface area contributed by atoms with Crippen molar-refractivity contribution in [2.75, 3.05) is 7.11 Å². The Labute approximate surface area is 166 Å². The van der Waals surface area contributed by atoms with Gasteiger partial charge >= 0.3 is 5.97 Å². The lowest BCUT2D eigenvalue weighted by Crippen LogP contribution is -2.02. The third kappa shape index (κ3) is 4.12. The maximum absolute atomic E-state index is 11.8. The third-order valence-electron chi connectivity index (χ3n) is 4.79. The molecule has 0 saturated carbocycles. The van der Waals surface area contributed by atoms with Crippen molar-refractivity contribution < 1.29 is 9.53 Å². The number of esters is 1. The topological polar surface area (TPSA) is 26.3 Å². The standard InChI is InChI=1S/C26H24O2/c1-4-24(21-11-7-5-8-12-21)25(22-13-9-6-10-14-22)23-17-15-20(16-18-23)19(2)26(27)28-3/h5-18H,2,4H2,1,3H3/b25-24-. The van der Waals surface area contributed by atoms with Gasteiger partial charge in [-0.15, -0.1) is 0 Å². The lowest BCUT2D eigenvalue weighted by Gasteiger charge is -2.17. The van der Waals surface area contributed by atoms with Crippen LogP contribution in [0.2, 0.25) is 0 Å². The molecule has 0 fully saturated rings. The first kappa shape index (κ1) is 19.4. The number of benzene rings is 3. The Morgan fingerprint density at radius 1 is 0.750 bits per heavy atom. The van der Waals surface area contributed by atoms with Crippen LogP contribution in [0.4, 0.5) is 0 Å². The fourth-order valence-corrected chi connectivity index (χ4v) is 3.36. The van der Waals surface area contributed by atoms with Crippen molar-refractivity contribution in [1.29, 1.82) is 0 Å². The van der Waals surface area contributed by atoms with Gasteiger partial charge in [-0.2, -0.15) is 0 Å². The van der Waals surface area contributed by atoms with Crippen molar-refractivity contribution in [2.45, 2.75) is 13.3 Å². The van der Waals surface area contributed by atoms with Crippen LogP contribution in [0.15, 0.2) is 91.5 Å². The van der Waals surface area contributed by atoms with Gasteiger partial charge < -0.3 is 4.74 Å². The van der Waals surface area contributed by atoms with E-state index in [0.29, 0.717) is 5.57 Å². The molecule has 0 aliphatic heterocycles. The first-order valence-electron chi connectivity index (χ1n) is 9.37. The Hall–Kier alpha value is -3.39. The molecule has 0 heterocycles. The van der Waals surface area contributed by atoms with E-state index in [1.54, 1.807) is 0 Å². The molecule has 2 nitrogen and oxygen atoms in total. The fourth-order valence-electron chi connectivity index (χ4n) is 3.36. The molecule has 0 aromatic heterocycles. The van der Waals surface area contributed by atoms with E-state index in [0.717, 1.165) is 17.5 Å². The summed E-state index contributed by atoms with van der Waals surface area (Å²) in [4.78, 5) is 11.8. The normalized spacial score (nSPS) is 11.5. The minimum Gasteiger partial charge on any atom is -0.465 e. The zero-order chi connectivity index (χ0) is 19.9. The summed E-state index contributed by atoms with van der Waals surface area (Å²) in [7, 11) is 1.37. The number of methoxy groups -OCH3 is 1. The highest BCUT2D eigenvalue weighted by molar-refractivity contribution is 6.15. The average molecular weight is 368 g/mol. The van der Waals surface area contributed by atoms with Crippen molar-refractivity contribution in [3.8, 4) is 0 Å². The molecule has 0 radical (unpaired) electrons. The molecular weight excluding hydrogens is 344 g/mol. The Kier molecular flexibility index (Phi) is 6.23. The largest absolute Gasteiger partial charge is 0.465 e. The van der Waals surface area contributed by atoms with Crippen LogP contribution in [-0.4, -0.2) is 13.1 Å². The second kappa shape index (κ2) is 9.01. The minimum absolute atomic E-state index is 0.359. The van der Waals surface area contributed by atoms with Crippen LogP contribution in [0, 0.1) is 0 Å². The lowest BCUT2D eigenvalue weighted by atomic mass is 9.87. The van der Waals surface area contributed by atoms with Crippen LogP contribution in [0.1, 0.15) is 35.6 Å². The summed E-state index contributed by atoms with van der Waals surface area (Å²) in [6.07, 6.45) is 0.908. The van der Waals surface area contributed by atoms with E-state index in [2.05, 4.69) is 62.0 Å². The molecule has 0 aliphatic carbocycles. The Balaban J connectivity index is 2.14. The highest BCUT2D eigenvalue weighted by Crippen LogP contribution is 2.34. The molecule has 0 amide bonds. The number of carbonyl (C=O) groups excluding carboxylic acids is 1. The molecule has 140 valence electrons. The second-order valence-electron chi connectivity index (χ2n) is 6.49. The minimum atomic E-state index is -0.412. The lowest BCUT2D eigenvalue weighted by molar-refractivity contribution is -0.133. The van der Waals surface area contributed by atoms with E-state index < -0.39 is 5.97 Å². The Bertz CT molecular complexity index is 982. The number of rotatable bonds is 6. The quantitative estimate of drug-likeness (QED) is 0.292. The van der Waals surface area contributed by atoms with Crippen LogP contribution < -0.4 is 0 Å². The molecular formula is C26H24O2. The van der Waals surface area contributed by atoms with E-state index in [4.69, 9.17) is 4.74 Å². The van der Waals surface area contributed by atoms with Gasteiger partial charge in [0.25, 0.3) is 0 Å². The van der Waals surface area contributed by atoms with Crippen LogP contribution in [0.5, 0.6) is 0 Å². The van der Waals surface area contributed by atoms with Gasteiger partial charge in [0, 0.05) is 0 Å². The molecule has 0 N–H and O–H groups in total. The van der Waals surface area contributed by atoms with Crippen molar-refractivity contribution in [3.05, 3.63) is 114 Å². The average Bonchev–Trinajstić information content (AvgIpc) is 2.77. The van der Waals surface area contributed by atoms with Gasteiger partial charge in [-0.1, -0.05) is 98.4 Å². The third-order valence-corrected chi connectivity index (χ3v) is 4.79. The molecule has 2 heteroatoms. The van der Waals surface area contributed by atoms with E-state index in [9.17, 15) is 4.79 Å². The first-order chi connectivity index (χ1) is 13.7. The van der Waals surface area contributed by atoms with Gasteiger partial charge in [0.1, 0.15) is 0 Å². The van der Waals surface area contributed by atoms with Gasteiger partial charge in [0.15, 0.2) is 0 Å². The number of hydrogen-bond donors (Lipinski definition) is 0. The predicted octanol–water partition coefficient (Wildman–Crippen LogP) is 6.24. The van der Waals surface area contributed by atoms with Crippen molar-refractivity contribution in [1.82, 2.24) is 0 Å². The first-order valence-corrected chi connectivity index (χ1v) is 9.37. The molecule has 3 rings (SSSR count). The van der Waals surface area contributed by atoms with Crippen LogP contribution in [0.3, 0.4) is 0 Å². The summed E-state index contributed by atoms with van der Waals surface area (Å²) in [5.41, 5.74) is 7.10. The van der Waals surface area contributed by atoms with Gasteiger partial charge in [0.05, 0.1) is 12.7 Å². The molecule has 0 saturated heterocycles. The van der Waals surface area contributed by atoms with Gasteiger partial charge in [-0.3, -0.25) is 0 Å². The van der Waals surface area contributed by atoms with Crippen LogP contribution in [-0.2, 0) is 9.53 Å². The molecule has 0 atom stereocenters. The SMILES string of the molecule is C=C(C(=O)OC)c1ccc(/C(=C(/CC)c2ccccc2)c2ccccc2)cc1. The summed E-state index contributed by atoms with van der Waals surface area (Å²) >= 11 is 0. The summed E-state index contributed by atoms with van der Waals surface area (Å²) in [6.45, 7) is 6.02. The molecule has 0 bridgehead atoms. The predicted molar refractivity (Wildman–Crippen MR) is 117 cm³/mol. The summed E-state index contributed by atoms with van der Waals surface area (Å²) in [5, 5.41) is 0. The van der Waals surface area contributed by atoms with E-state index in [-0.39, 0.29) is 0 Å². The summed E-state index contributed by atoms with van der Waals surface area (Å²) < 4.78 is 4.78. The van der Waals surface area contributed by atoms with Crippen LogP contribution in [0.25, 0.3) is 16.7 Å². The molecule has 0 aliphatic rings. The van der Waals surface area contributed by atoms with Crippen molar-refractivity contribution >= 4 is 22.7 Å². The maximum atomic E-state index is 11.8. The van der Waals surface area contributed by atoms with Crippen molar-refractivity contribution in [3.63, 3.8) is 0 Å². The highest BCUT2D eigenvalue weighted by Gasteiger charge is 2.14. The molecule has 3 aromatic carbocycles. The van der Waals surface area contributed by atoms with Gasteiger partial charge in [0.2, 0.25) is 0 Å². The van der Waals surface area contributed by atoms with E-state index in [1.165, 1.54) is 29.4 Å². The number of allylic oxidation sites excluding steroid dienone is 1.